The highest BCUT2D eigenvalue weighted by Crippen LogP contribution is 2.51. The molecule has 0 amide bonds. The SMILES string of the molecule is CC1c2c(sc3ccccc23)C(c2ccccc2)=NC1c1cc2c(oc3cccc(N(c4ccccc4)c4ccccc4)c32)c2ccccc12. The van der Waals surface area contributed by atoms with Crippen molar-refractivity contribution in [3.05, 3.63) is 185 Å². The van der Waals surface area contributed by atoms with Crippen molar-refractivity contribution < 1.29 is 4.42 Å². The van der Waals surface area contributed by atoms with Gasteiger partial charge in [-0.1, -0.05) is 122 Å². The Morgan fingerprint density at radius 2 is 1.22 bits per heavy atom. The van der Waals surface area contributed by atoms with Gasteiger partial charge >= 0.3 is 0 Å². The van der Waals surface area contributed by atoms with E-state index in [1.54, 1.807) is 0 Å². The fourth-order valence-corrected chi connectivity index (χ4v) is 9.30. The van der Waals surface area contributed by atoms with Gasteiger partial charge in [-0.2, -0.15) is 0 Å². The lowest BCUT2D eigenvalue weighted by Crippen LogP contribution is -2.19. The van der Waals surface area contributed by atoms with Crippen LogP contribution in [0, 0.1) is 0 Å². The molecule has 0 spiro atoms. The summed E-state index contributed by atoms with van der Waals surface area (Å²) in [5.41, 5.74) is 9.89. The molecule has 0 N–H and O–H groups in total. The van der Waals surface area contributed by atoms with Gasteiger partial charge in [0.05, 0.1) is 27.7 Å². The number of aliphatic imine (C=N–C) groups is 1. The first kappa shape index (κ1) is 29.0. The minimum atomic E-state index is -0.0959. The maximum absolute atomic E-state index is 6.83. The summed E-state index contributed by atoms with van der Waals surface area (Å²) >= 11 is 1.86. The highest BCUT2D eigenvalue weighted by atomic mass is 32.1. The van der Waals surface area contributed by atoms with Gasteiger partial charge in [0.2, 0.25) is 0 Å². The normalized spacial score (nSPS) is 15.8. The van der Waals surface area contributed by atoms with Gasteiger partial charge in [-0.3, -0.25) is 4.99 Å². The van der Waals surface area contributed by atoms with E-state index in [-0.39, 0.29) is 12.0 Å². The fourth-order valence-electron chi connectivity index (χ4n) is 7.97. The van der Waals surface area contributed by atoms with Gasteiger partial charge in [-0.25, -0.2) is 0 Å². The van der Waals surface area contributed by atoms with E-state index in [9.17, 15) is 0 Å². The summed E-state index contributed by atoms with van der Waals surface area (Å²) in [6, 6.07) is 58.1. The van der Waals surface area contributed by atoms with E-state index < -0.39 is 0 Å². The van der Waals surface area contributed by atoms with Gasteiger partial charge in [-0.15, -0.1) is 11.3 Å². The number of fused-ring (bicyclic) bond motifs is 8. The summed E-state index contributed by atoms with van der Waals surface area (Å²) in [7, 11) is 0. The molecule has 3 nitrogen and oxygen atoms in total. The number of thiophene rings is 1. The predicted octanol–water partition coefficient (Wildman–Crippen LogP) is 13.1. The third kappa shape index (κ3) is 4.45. The quantitative estimate of drug-likeness (QED) is 0.184. The summed E-state index contributed by atoms with van der Waals surface area (Å²) < 4.78 is 8.14. The Morgan fingerprint density at radius 3 is 1.94 bits per heavy atom. The zero-order valence-corrected chi connectivity index (χ0v) is 28.3. The lowest BCUT2D eigenvalue weighted by molar-refractivity contribution is 0.601. The lowest BCUT2D eigenvalue weighted by Gasteiger charge is -2.29. The number of furan rings is 1. The van der Waals surface area contributed by atoms with Crippen LogP contribution in [0.1, 0.15) is 40.5 Å². The van der Waals surface area contributed by atoms with Crippen molar-refractivity contribution >= 4 is 76.9 Å². The molecule has 0 bridgehead atoms. The number of nitrogens with zero attached hydrogens (tertiary/aromatic N) is 2. The number of hydrogen-bond acceptors (Lipinski definition) is 4. The molecular formula is C46H32N2OS. The van der Waals surface area contributed by atoms with Crippen molar-refractivity contribution in [2.24, 2.45) is 4.99 Å². The van der Waals surface area contributed by atoms with Gasteiger partial charge in [0.1, 0.15) is 11.2 Å². The molecule has 0 aliphatic carbocycles. The molecule has 238 valence electrons. The molecule has 1 aliphatic heterocycles. The standard InChI is InChI=1S/C46H32N2OS/c1-29-41-35-24-13-14-27-40(35)50-46(41)44(30-16-5-2-6-17-30)47-43(29)36-28-37-42-38(48(31-18-7-3-8-19-31)32-20-9-4-10-21-32)25-15-26-39(42)49-45(37)34-23-12-11-22-33(34)36/h2-29,43H,1H3. The minimum Gasteiger partial charge on any atom is -0.455 e. The monoisotopic (exact) mass is 660 g/mol. The molecular weight excluding hydrogens is 629 g/mol. The second-order valence-corrected chi connectivity index (χ2v) is 14.1. The maximum Gasteiger partial charge on any atom is 0.143 e. The topological polar surface area (TPSA) is 28.7 Å². The van der Waals surface area contributed by atoms with Gasteiger partial charge in [-0.05, 0) is 70.4 Å². The Balaban J connectivity index is 1.27. The van der Waals surface area contributed by atoms with Crippen molar-refractivity contribution in [3.8, 4) is 0 Å². The molecule has 4 heteroatoms. The molecule has 0 saturated heterocycles. The highest BCUT2D eigenvalue weighted by Gasteiger charge is 2.34. The first-order valence-electron chi connectivity index (χ1n) is 17.2. The van der Waals surface area contributed by atoms with Crippen LogP contribution < -0.4 is 4.90 Å². The maximum atomic E-state index is 6.83. The van der Waals surface area contributed by atoms with Crippen molar-refractivity contribution in [1.29, 1.82) is 0 Å². The zero-order chi connectivity index (χ0) is 33.2. The van der Waals surface area contributed by atoms with Crippen LogP contribution >= 0.6 is 11.3 Å². The predicted molar refractivity (Wildman–Crippen MR) is 211 cm³/mol. The van der Waals surface area contributed by atoms with Crippen LogP contribution in [0.15, 0.2) is 173 Å². The molecule has 2 unspecified atom stereocenters. The van der Waals surface area contributed by atoms with Crippen molar-refractivity contribution in [3.63, 3.8) is 0 Å². The van der Waals surface area contributed by atoms with Crippen LogP contribution in [0.3, 0.4) is 0 Å². The van der Waals surface area contributed by atoms with Crippen LogP contribution in [0.2, 0.25) is 0 Å². The largest absolute Gasteiger partial charge is 0.455 e. The third-order valence-electron chi connectivity index (χ3n) is 10.2. The average Bonchev–Trinajstić information content (AvgIpc) is 3.76. The van der Waals surface area contributed by atoms with E-state index in [1.165, 1.54) is 31.5 Å². The molecule has 1 aliphatic rings. The zero-order valence-electron chi connectivity index (χ0n) is 27.5. The van der Waals surface area contributed by atoms with E-state index in [0.29, 0.717) is 0 Å². The Labute approximate surface area is 294 Å². The van der Waals surface area contributed by atoms with Crippen LogP contribution in [0.25, 0.3) is 42.8 Å². The van der Waals surface area contributed by atoms with E-state index in [0.717, 1.165) is 55.7 Å². The number of para-hydroxylation sites is 2. The molecule has 3 heterocycles. The van der Waals surface area contributed by atoms with E-state index in [4.69, 9.17) is 9.41 Å². The van der Waals surface area contributed by atoms with Crippen molar-refractivity contribution in [1.82, 2.24) is 0 Å². The molecule has 50 heavy (non-hydrogen) atoms. The minimum absolute atomic E-state index is 0.0959. The van der Waals surface area contributed by atoms with E-state index >= 15 is 0 Å². The van der Waals surface area contributed by atoms with Crippen LogP contribution in [0.4, 0.5) is 17.1 Å². The molecule has 2 atom stereocenters. The fraction of sp³-hybridized carbons (Fsp3) is 0.0652. The summed E-state index contributed by atoms with van der Waals surface area (Å²) in [5.74, 6) is 0.164. The first-order chi connectivity index (χ1) is 24.7. The van der Waals surface area contributed by atoms with Crippen LogP contribution in [0.5, 0.6) is 0 Å². The molecule has 10 rings (SSSR count). The number of benzene rings is 7. The smallest absolute Gasteiger partial charge is 0.143 e. The van der Waals surface area contributed by atoms with Gasteiger partial charge in [0.15, 0.2) is 0 Å². The van der Waals surface area contributed by atoms with Gasteiger partial charge in [0, 0.05) is 38.3 Å². The van der Waals surface area contributed by atoms with Crippen molar-refractivity contribution in [2.45, 2.75) is 18.9 Å². The Morgan fingerprint density at radius 1 is 0.600 bits per heavy atom. The molecule has 0 saturated carbocycles. The molecule has 0 radical (unpaired) electrons. The summed E-state index contributed by atoms with van der Waals surface area (Å²) in [6.07, 6.45) is 0. The van der Waals surface area contributed by atoms with Gasteiger partial charge < -0.3 is 9.32 Å². The summed E-state index contributed by atoms with van der Waals surface area (Å²) in [4.78, 5) is 9.32. The third-order valence-corrected chi connectivity index (χ3v) is 11.4. The summed E-state index contributed by atoms with van der Waals surface area (Å²) in [5, 5.41) is 5.82. The van der Waals surface area contributed by atoms with E-state index in [1.807, 2.05) is 11.3 Å². The van der Waals surface area contributed by atoms with Crippen LogP contribution in [-0.4, -0.2) is 5.71 Å². The Bertz CT molecular complexity index is 2690. The van der Waals surface area contributed by atoms with Crippen molar-refractivity contribution in [2.75, 3.05) is 4.90 Å². The van der Waals surface area contributed by atoms with Gasteiger partial charge in [0.25, 0.3) is 0 Å². The Kier molecular flexibility index (Phi) is 6.71. The summed E-state index contributed by atoms with van der Waals surface area (Å²) in [6.45, 7) is 2.36. The molecule has 0 fully saturated rings. The van der Waals surface area contributed by atoms with Crippen LogP contribution in [-0.2, 0) is 0 Å². The number of anilines is 3. The van der Waals surface area contributed by atoms with E-state index in [2.05, 4.69) is 176 Å². The second kappa shape index (κ2) is 11.6. The number of rotatable bonds is 5. The second-order valence-electron chi connectivity index (χ2n) is 13.1. The first-order valence-corrected chi connectivity index (χ1v) is 18.0. The lowest BCUT2D eigenvalue weighted by atomic mass is 9.81. The molecule has 9 aromatic rings. The average molecular weight is 661 g/mol. The highest BCUT2D eigenvalue weighted by molar-refractivity contribution is 7.21. The molecule has 7 aromatic carbocycles. The molecule has 2 aromatic heterocycles. The Hall–Kier alpha value is -5.97. The number of hydrogen-bond donors (Lipinski definition) is 0.